The summed E-state index contributed by atoms with van der Waals surface area (Å²) in [5.74, 6) is -0.850. The Hall–Kier alpha value is -0.990. The minimum Gasteiger partial charge on any atom is -0.492 e. The molecule has 1 N–H and O–H groups in total. The molecule has 0 radical (unpaired) electrons. The zero-order valence-corrected chi connectivity index (χ0v) is 6.54. The SMILES string of the molecule is CCCCC1OC=C1C(=O)O. The molecule has 3 heteroatoms. The van der Waals surface area contributed by atoms with Crippen molar-refractivity contribution in [1.29, 1.82) is 0 Å². The maximum absolute atomic E-state index is 10.4. The maximum Gasteiger partial charge on any atom is 0.338 e. The topological polar surface area (TPSA) is 46.5 Å². The lowest BCUT2D eigenvalue weighted by Gasteiger charge is -2.24. The summed E-state index contributed by atoms with van der Waals surface area (Å²) in [6, 6.07) is 0. The van der Waals surface area contributed by atoms with Gasteiger partial charge in [0.1, 0.15) is 11.7 Å². The molecule has 1 atom stereocenters. The third-order valence-electron chi connectivity index (χ3n) is 1.77. The second-order valence-corrected chi connectivity index (χ2v) is 2.65. The molecular formula is C8H12O3. The molecule has 0 saturated heterocycles. The van der Waals surface area contributed by atoms with Crippen molar-refractivity contribution in [3.05, 3.63) is 11.8 Å². The fourth-order valence-corrected chi connectivity index (χ4v) is 1.03. The maximum atomic E-state index is 10.4. The predicted octanol–water partition coefficient (Wildman–Crippen LogP) is 1.54. The third-order valence-corrected chi connectivity index (χ3v) is 1.77. The average Bonchev–Trinajstić information content (AvgIpc) is 1.84. The molecule has 1 rings (SSSR count). The second kappa shape index (κ2) is 3.42. The highest BCUT2D eigenvalue weighted by Crippen LogP contribution is 2.23. The van der Waals surface area contributed by atoms with Crippen molar-refractivity contribution in [1.82, 2.24) is 0 Å². The largest absolute Gasteiger partial charge is 0.492 e. The first-order valence-electron chi connectivity index (χ1n) is 3.84. The van der Waals surface area contributed by atoms with Crippen LogP contribution >= 0.6 is 0 Å². The number of hydrogen-bond donors (Lipinski definition) is 1. The highest BCUT2D eigenvalue weighted by atomic mass is 16.5. The molecule has 1 heterocycles. The molecule has 0 spiro atoms. The number of ether oxygens (including phenoxy) is 1. The minimum absolute atomic E-state index is 0.146. The summed E-state index contributed by atoms with van der Waals surface area (Å²) in [6.07, 6.45) is 4.10. The number of unbranched alkanes of at least 4 members (excludes halogenated alkanes) is 1. The van der Waals surface area contributed by atoms with Gasteiger partial charge in [-0.3, -0.25) is 0 Å². The van der Waals surface area contributed by atoms with Crippen molar-refractivity contribution in [3.8, 4) is 0 Å². The number of carboxylic acids is 1. The van der Waals surface area contributed by atoms with Gasteiger partial charge in [-0.05, 0) is 12.8 Å². The molecule has 0 bridgehead atoms. The van der Waals surface area contributed by atoms with Gasteiger partial charge in [0.05, 0.1) is 6.26 Å². The van der Waals surface area contributed by atoms with Crippen LogP contribution in [-0.2, 0) is 9.53 Å². The molecule has 1 aliphatic rings. The molecule has 0 amide bonds. The monoisotopic (exact) mass is 156 g/mol. The van der Waals surface area contributed by atoms with E-state index in [0.29, 0.717) is 5.57 Å². The van der Waals surface area contributed by atoms with Crippen LogP contribution in [0, 0.1) is 0 Å². The van der Waals surface area contributed by atoms with Crippen LogP contribution in [0.25, 0.3) is 0 Å². The van der Waals surface area contributed by atoms with Gasteiger partial charge in [-0.25, -0.2) is 4.79 Å². The summed E-state index contributed by atoms with van der Waals surface area (Å²) in [6.45, 7) is 2.07. The lowest BCUT2D eigenvalue weighted by molar-refractivity contribution is -0.135. The van der Waals surface area contributed by atoms with Gasteiger partial charge in [0.15, 0.2) is 0 Å². The summed E-state index contributed by atoms with van der Waals surface area (Å²) >= 11 is 0. The minimum atomic E-state index is -0.850. The van der Waals surface area contributed by atoms with Crippen molar-refractivity contribution in [2.24, 2.45) is 0 Å². The summed E-state index contributed by atoms with van der Waals surface area (Å²) in [5.41, 5.74) is 0.415. The molecule has 0 aromatic heterocycles. The van der Waals surface area contributed by atoms with E-state index in [2.05, 4.69) is 6.92 Å². The van der Waals surface area contributed by atoms with E-state index in [1.54, 1.807) is 0 Å². The summed E-state index contributed by atoms with van der Waals surface area (Å²) in [4.78, 5) is 10.4. The molecule has 0 aromatic carbocycles. The van der Waals surface area contributed by atoms with E-state index >= 15 is 0 Å². The van der Waals surface area contributed by atoms with Crippen molar-refractivity contribution < 1.29 is 14.6 Å². The molecule has 0 fully saturated rings. The Morgan fingerprint density at radius 3 is 2.91 bits per heavy atom. The zero-order valence-electron chi connectivity index (χ0n) is 6.54. The Kier molecular flexibility index (Phi) is 2.52. The van der Waals surface area contributed by atoms with Crippen LogP contribution in [0.5, 0.6) is 0 Å². The van der Waals surface area contributed by atoms with Crippen LogP contribution in [0.15, 0.2) is 11.8 Å². The molecule has 1 unspecified atom stereocenters. The fraction of sp³-hybridized carbons (Fsp3) is 0.625. The van der Waals surface area contributed by atoms with E-state index in [0.717, 1.165) is 19.3 Å². The van der Waals surface area contributed by atoms with Crippen LogP contribution in [0.4, 0.5) is 0 Å². The Morgan fingerprint density at radius 1 is 1.82 bits per heavy atom. The first-order chi connectivity index (χ1) is 5.25. The second-order valence-electron chi connectivity index (χ2n) is 2.65. The fourth-order valence-electron chi connectivity index (χ4n) is 1.03. The van der Waals surface area contributed by atoms with Gasteiger partial charge < -0.3 is 9.84 Å². The van der Waals surface area contributed by atoms with E-state index in [1.807, 2.05) is 0 Å². The molecular weight excluding hydrogens is 144 g/mol. The normalized spacial score (nSPS) is 21.5. The highest BCUT2D eigenvalue weighted by Gasteiger charge is 2.28. The Bertz CT molecular complexity index is 184. The standard InChI is InChI=1S/C8H12O3/c1-2-3-4-7-6(5-11-7)8(9)10/h5,7H,2-4H2,1H3,(H,9,10). The van der Waals surface area contributed by atoms with Crippen molar-refractivity contribution >= 4 is 5.97 Å². The molecule has 1 aliphatic heterocycles. The van der Waals surface area contributed by atoms with E-state index in [-0.39, 0.29) is 6.10 Å². The van der Waals surface area contributed by atoms with Gasteiger partial charge >= 0.3 is 5.97 Å². The van der Waals surface area contributed by atoms with E-state index in [9.17, 15) is 4.79 Å². The predicted molar refractivity (Wildman–Crippen MR) is 40.1 cm³/mol. The van der Waals surface area contributed by atoms with Crippen LogP contribution in [-0.4, -0.2) is 17.2 Å². The molecule has 3 nitrogen and oxygen atoms in total. The summed E-state index contributed by atoms with van der Waals surface area (Å²) in [7, 11) is 0. The zero-order chi connectivity index (χ0) is 8.27. The number of hydrogen-bond acceptors (Lipinski definition) is 2. The van der Waals surface area contributed by atoms with Crippen molar-refractivity contribution in [3.63, 3.8) is 0 Å². The van der Waals surface area contributed by atoms with E-state index < -0.39 is 5.97 Å². The molecule has 0 saturated carbocycles. The number of rotatable bonds is 4. The van der Waals surface area contributed by atoms with Gasteiger partial charge in [-0.2, -0.15) is 0 Å². The van der Waals surface area contributed by atoms with Crippen LogP contribution in [0.1, 0.15) is 26.2 Å². The number of carbonyl (C=O) groups is 1. The molecule has 62 valence electrons. The van der Waals surface area contributed by atoms with Gasteiger partial charge in [-0.15, -0.1) is 0 Å². The summed E-state index contributed by atoms with van der Waals surface area (Å²) < 4.78 is 4.96. The first kappa shape index (κ1) is 8.11. The number of carboxylic acid groups (broad SMARTS) is 1. The Labute approximate surface area is 65.7 Å². The number of aliphatic carboxylic acids is 1. The molecule has 0 aromatic rings. The van der Waals surface area contributed by atoms with E-state index in [1.165, 1.54) is 6.26 Å². The average molecular weight is 156 g/mol. The Morgan fingerprint density at radius 2 is 2.55 bits per heavy atom. The van der Waals surface area contributed by atoms with Crippen molar-refractivity contribution in [2.75, 3.05) is 0 Å². The third kappa shape index (κ3) is 1.73. The summed E-state index contributed by atoms with van der Waals surface area (Å²) in [5, 5.41) is 8.55. The van der Waals surface area contributed by atoms with Crippen LogP contribution in [0.3, 0.4) is 0 Å². The van der Waals surface area contributed by atoms with Crippen LogP contribution in [0.2, 0.25) is 0 Å². The lowest BCUT2D eigenvalue weighted by atomic mass is 10.0. The highest BCUT2D eigenvalue weighted by molar-refractivity contribution is 5.88. The smallest absolute Gasteiger partial charge is 0.338 e. The lowest BCUT2D eigenvalue weighted by Crippen LogP contribution is -2.27. The first-order valence-corrected chi connectivity index (χ1v) is 3.84. The van der Waals surface area contributed by atoms with Crippen LogP contribution < -0.4 is 0 Å². The van der Waals surface area contributed by atoms with Crippen molar-refractivity contribution in [2.45, 2.75) is 32.3 Å². The Balaban J connectivity index is 2.30. The quantitative estimate of drug-likeness (QED) is 0.671. The van der Waals surface area contributed by atoms with Gasteiger partial charge in [-0.1, -0.05) is 13.3 Å². The molecule has 11 heavy (non-hydrogen) atoms. The van der Waals surface area contributed by atoms with E-state index in [4.69, 9.17) is 9.84 Å². The van der Waals surface area contributed by atoms with Gasteiger partial charge in [0, 0.05) is 0 Å². The van der Waals surface area contributed by atoms with Gasteiger partial charge in [0.25, 0.3) is 0 Å². The van der Waals surface area contributed by atoms with Gasteiger partial charge in [0.2, 0.25) is 0 Å². The molecule has 0 aliphatic carbocycles.